The van der Waals surface area contributed by atoms with E-state index in [1.165, 1.54) is 31.9 Å². The largest absolute Gasteiger partial charge is 0.397 e. The molecule has 1 amide bonds. The van der Waals surface area contributed by atoms with E-state index in [-0.39, 0.29) is 0 Å². The summed E-state index contributed by atoms with van der Waals surface area (Å²) in [6.45, 7) is 0.937. The molecule has 2 aliphatic rings. The summed E-state index contributed by atoms with van der Waals surface area (Å²) in [5, 5.41) is 3.32. The van der Waals surface area contributed by atoms with Crippen molar-refractivity contribution in [1.82, 2.24) is 4.98 Å². The minimum absolute atomic E-state index is 0.330. The van der Waals surface area contributed by atoms with Crippen LogP contribution in [-0.4, -0.2) is 17.4 Å². The second-order valence-electron chi connectivity index (χ2n) is 5.51. The van der Waals surface area contributed by atoms with Crippen molar-refractivity contribution in [1.29, 1.82) is 0 Å². The average Bonchev–Trinajstić information content (AvgIpc) is 3.20. The fraction of sp³-hybridized carbons (Fsp3) is 0.538. The molecule has 1 aromatic heterocycles. The van der Waals surface area contributed by atoms with Gasteiger partial charge >= 0.3 is 0 Å². The van der Waals surface area contributed by atoms with E-state index in [2.05, 4.69) is 10.3 Å². The number of pyridine rings is 1. The summed E-state index contributed by atoms with van der Waals surface area (Å²) in [5.41, 5.74) is 12.1. The lowest BCUT2D eigenvalue weighted by Crippen LogP contribution is -2.19. The molecule has 2 saturated carbocycles. The summed E-state index contributed by atoms with van der Waals surface area (Å²) in [7, 11) is 0. The Balaban J connectivity index is 1.69. The molecule has 2 aliphatic carbocycles. The Hall–Kier alpha value is -1.78. The van der Waals surface area contributed by atoms with Crippen molar-refractivity contribution in [2.24, 2.45) is 17.1 Å². The van der Waals surface area contributed by atoms with Gasteiger partial charge < -0.3 is 16.8 Å². The zero-order valence-electron chi connectivity index (χ0n) is 10.3. The van der Waals surface area contributed by atoms with Crippen molar-refractivity contribution in [3.63, 3.8) is 0 Å². The van der Waals surface area contributed by atoms with Gasteiger partial charge in [-0.1, -0.05) is 0 Å². The highest BCUT2D eigenvalue weighted by Crippen LogP contribution is 2.61. The van der Waals surface area contributed by atoms with E-state index in [1.807, 2.05) is 0 Å². The smallest absolute Gasteiger partial charge is 0.250 e. The number of anilines is 2. The SMILES string of the molecule is NC(=O)c1cc(NCC2(C3CC3)CC2)ncc1N. The van der Waals surface area contributed by atoms with Crippen LogP contribution >= 0.6 is 0 Å². The fourth-order valence-electron chi connectivity index (χ4n) is 2.63. The average molecular weight is 246 g/mol. The summed E-state index contributed by atoms with van der Waals surface area (Å²) in [4.78, 5) is 15.4. The summed E-state index contributed by atoms with van der Waals surface area (Å²) in [5.74, 6) is 1.07. The van der Waals surface area contributed by atoms with Gasteiger partial charge in [-0.25, -0.2) is 4.98 Å². The Bertz CT molecular complexity index is 492. The number of hydrogen-bond donors (Lipinski definition) is 3. The van der Waals surface area contributed by atoms with E-state index < -0.39 is 5.91 Å². The third-order valence-electron chi connectivity index (χ3n) is 4.16. The van der Waals surface area contributed by atoms with Crippen molar-refractivity contribution < 1.29 is 4.79 Å². The molecule has 0 atom stereocenters. The summed E-state index contributed by atoms with van der Waals surface area (Å²) in [6.07, 6.45) is 6.83. The first-order valence-corrected chi connectivity index (χ1v) is 6.40. The molecular weight excluding hydrogens is 228 g/mol. The zero-order chi connectivity index (χ0) is 12.8. The number of rotatable bonds is 5. The first-order chi connectivity index (χ1) is 8.61. The number of carbonyl (C=O) groups is 1. The quantitative estimate of drug-likeness (QED) is 0.731. The molecule has 5 N–H and O–H groups in total. The third-order valence-corrected chi connectivity index (χ3v) is 4.16. The topological polar surface area (TPSA) is 94.0 Å². The molecule has 5 heteroatoms. The van der Waals surface area contributed by atoms with Crippen molar-refractivity contribution in [2.75, 3.05) is 17.6 Å². The predicted molar refractivity (Wildman–Crippen MR) is 70.0 cm³/mol. The van der Waals surface area contributed by atoms with E-state index in [1.54, 1.807) is 6.07 Å². The molecule has 0 aromatic carbocycles. The first kappa shape index (κ1) is 11.3. The number of nitrogen functional groups attached to an aromatic ring is 1. The minimum Gasteiger partial charge on any atom is -0.397 e. The first-order valence-electron chi connectivity index (χ1n) is 6.40. The third kappa shape index (κ3) is 2.00. The molecule has 2 fully saturated rings. The van der Waals surface area contributed by atoms with E-state index >= 15 is 0 Å². The normalized spacial score (nSPS) is 20.4. The molecule has 96 valence electrons. The van der Waals surface area contributed by atoms with Gasteiger partial charge in [-0.15, -0.1) is 0 Å². The van der Waals surface area contributed by atoms with Crippen LogP contribution in [0.4, 0.5) is 11.5 Å². The molecule has 0 aliphatic heterocycles. The Morgan fingerprint density at radius 2 is 2.22 bits per heavy atom. The highest BCUT2D eigenvalue weighted by Gasteiger charge is 2.53. The fourth-order valence-corrected chi connectivity index (χ4v) is 2.63. The van der Waals surface area contributed by atoms with Gasteiger partial charge in [0.2, 0.25) is 0 Å². The lowest BCUT2D eigenvalue weighted by atomic mass is 10.0. The van der Waals surface area contributed by atoms with Gasteiger partial charge in [0.1, 0.15) is 5.82 Å². The molecule has 3 rings (SSSR count). The van der Waals surface area contributed by atoms with Crippen LogP contribution < -0.4 is 16.8 Å². The van der Waals surface area contributed by atoms with Gasteiger partial charge in [-0.05, 0) is 43.1 Å². The molecule has 0 saturated heterocycles. The van der Waals surface area contributed by atoms with Gasteiger partial charge in [0, 0.05) is 6.54 Å². The number of aromatic nitrogens is 1. The molecular formula is C13H18N4O. The Morgan fingerprint density at radius 1 is 1.50 bits per heavy atom. The van der Waals surface area contributed by atoms with Crippen LogP contribution in [0.25, 0.3) is 0 Å². The molecule has 5 nitrogen and oxygen atoms in total. The Morgan fingerprint density at radius 3 is 2.78 bits per heavy atom. The highest BCUT2D eigenvalue weighted by molar-refractivity contribution is 5.98. The summed E-state index contributed by atoms with van der Waals surface area (Å²) < 4.78 is 0. The lowest BCUT2D eigenvalue weighted by molar-refractivity contribution is 0.100. The van der Waals surface area contributed by atoms with Gasteiger partial charge in [0.15, 0.2) is 0 Å². The maximum absolute atomic E-state index is 11.2. The number of nitrogens with one attached hydrogen (secondary N) is 1. The Labute approximate surface area is 106 Å². The molecule has 0 unspecified atom stereocenters. The minimum atomic E-state index is -0.513. The molecule has 0 bridgehead atoms. The maximum atomic E-state index is 11.2. The molecule has 0 radical (unpaired) electrons. The van der Waals surface area contributed by atoms with Crippen LogP contribution in [0.5, 0.6) is 0 Å². The van der Waals surface area contributed by atoms with Crippen molar-refractivity contribution >= 4 is 17.4 Å². The number of hydrogen-bond acceptors (Lipinski definition) is 4. The number of primary amides is 1. The van der Waals surface area contributed by atoms with Crippen LogP contribution in [0, 0.1) is 11.3 Å². The van der Waals surface area contributed by atoms with Gasteiger partial charge in [-0.3, -0.25) is 4.79 Å². The standard InChI is InChI=1S/C13H18N4O/c14-10-6-16-11(5-9(10)12(15)18)17-7-13(3-4-13)8-1-2-8/h5-6,8H,1-4,7,14H2,(H2,15,18)(H,16,17). The summed E-state index contributed by atoms with van der Waals surface area (Å²) in [6, 6.07) is 1.64. The number of carbonyl (C=O) groups excluding carboxylic acids is 1. The zero-order valence-corrected chi connectivity index (χ0v) is 10.3. The monoisotopic (exact) mass is 246 g/mol. The van der Waals surface area contributed by atoms with Gasteiger partial charge in [-0.2, -0.15) is 0 Å². The second kappa shape index (κ2) is 3.86. The van der Waals surface area contributed by atoms with Gasteiger partial charge in [0.25, 0.3) is 5.91 Å². The van der Waals surface area contributed by atoms with Crippen LogP contribution in [0.1, 0.15) is 36.0 Å². The van der Waals surface area contributed by atoms with Crippen LogP contribution in [0.15, 0.2) is 12.3 Å². The van der Waals surface area contributed by atoms with Crippen LogP contribution in [-0.2, 0) is 0 Å². The van der Waals surface area contributed by atoms with E-state index in [0.717, 1.165) is 12.5 Å². The Kier molecular flexibility index (Phi) is 2.43. The predicted octanol–water partition coefficient (Wildman–Crippen LogP) is 1.36. The van der Waals surface area contributed by atoms with Crippen molar-refractivity contribution in [3.05, 3.63) is 17.8 Å². The van der Waals surface area contributed by atoms with E-state index in [0.29, 0.717) is 22.5 Å². The lowest BCUT2D eigenvalue weighted by Gasteiger charge is -2.15. The van der Waals surface area contributed by atoms with Crippen molar-refractivity contribution in [3.8, 4) is 0 Å². The summed E-state index contributed by atoms with van der Waals surface area (Å²) >= 11 is 0. The maximum Gasteiger partial charge on any atom is 0.250 e. The number of amides is 1. The molecule has 18 heavy (non-hydrogen) atoms. The van der Waals surface area contributed by atoms with Crippen molar-refractivity contribution in [2.45, 2.75) is 25.7 Å². The molecule has 0 spiro atoms. The van der Waals surface area contributed by atoms with E-state index in [4.69, 9.17) is 11.5 Å². The number of nitrogens with zero attached hydrogens (tertiary/aromatic N) is 1. The molecule has 1 heterocycles. The second-order valence-corrected chi connectivity index (χ2v) is 5.51. The molecule has 1 aromatic rings. The van der Waals surface area contributed by atoms with Crippen LogP contribution in [0.3, 0.4) is 0 Å². The van der Waals surface area contributed by atoms with Gasteiger partial charge in [0.05, 0.1) is 17.4 Å². The van der Waals surface area contributed by atoms with Crippen LogP contribution in [0.2, 0.25) is 0 Å². The number of nitrogens with two attached hydrogens (primary N) is 2. The highest BCUT2D eigenvalue weighted by atomic mass is 16.1. The van der Waals surface area contributed by atoms with E-state index in [9.17, 15) is 4.79 Å².